The molecule has 0 N–H and O–H groups in total. The van der Waals surface area contributed by atoms with Gasteiger partial charge in [0.1, 0.15) is 0 Å². The van der Waals surface area contributed by atoms with E-state index in [1.165, 1.54) is 0 Å². The average molecular weight is 208 g/mol. The third kappa shape index (κ3) is 2.03. The van der Waals surface area contributed by atoms with Crippen LogP contribution in [0.5, 0.6) is 0 Å². The molecule has 0 radical (unpaired) electrons. The van der Waals surface area contributed by atoms with Crippen LogP contribution in [0.4, 0.5) is 0 Å². The van der Waals surface area contributed by atoms with Crippen LogP contribution in [0.3, 0.4) is 0 Å². The van der Waals surface area contributed by atoms with Crippen molar-refractivity contribution in [2.45, 2.75) is 0 Å². The molecule has 0 spiro atoms. The van der Waals surface area contributed by atoms with E-state index < -0.39 is 0 Å². The van der Waals surface area contributed by atoms with Crippen LogP contribution >= 0.6 is 12.4 Å². The Bertz CT molecular complexity index is 450. The van der Waals surface area contributed by atoms with Crippen molar-refractivity contribution in [3.05, 3.63) is 65.1 Å². The van der Waals surface area contributed by atoms with Gasteiger partial charge < -0.3 is 0 Å². The second kappa shape index (κ2) is 4.63. The molecular weight excluding hydrogens is 198 g/mol. The third-order valence-electron chi connectivity index (χ3n) is 1.86. The number of pyridine rings is 1. The summed E-state index contributed by atoms with van der Waals surface area (Å²) in [6.07, 6.45) is 1.76. The van der Waals surface area contributed by atoms with Gasteiger partial charge in [0.2, 0.25) is 0 Å². The molecule has 0 saturated heterocycles. The normalized spacial score (nSPS) is 9.14. The lowest BCUT2D eigenvalue weighted by atomic mass is 10.3. The highest BCUT2D eigenvalue weighted by molar-refractivity contribution is 5.85. The van der Waals surface area contributed by atoms with Crippen LogP contribution in [0.1, 0.15) is 0 Å². The van der Waals surface area contributed by atoms with Crippen molar-refractivity contribution in [2.75, 3.05) is 0 Å². The fraction of sp³-hybridized carbons (Fsp3) is 0. The molecule has 1 aromatic heterocycles. The molecular formula is C11H10ClNO. The Labute approximate surface area is 88.2 Å². The van der Waals surface area contributed by atoms with Crippen LogP contribution in [0.15, 0.2) is 59.5 Å². The number of hydrogen-bond donors (Lipinski definition) is 0. The Morgan fingerprint density at radius 1 is 0.857 bits per heavy atom. The van der Waals surface area contributed by atoms with E-state index in [9.17, 15) is 4.79 Å². The van der Waals surface area contributed by atoms with E-state index in [0.29, 0.717) is 0 Å². The number of para-hydroxylation sites is 1. The topological polar surface area (TPSA) is 22.0 Å². The van der Waals surface area contributed by atoms with Gasteiger partial charge in [-0.25, -0.2) is 0 Å². The minimum Gasteiger partial charge on any atom is -0.284 e. The minimum atomic E-state index is -0.00583. The van der Waals surface area contributed by atoms with E-state index in [1.807, 2.05) is 36.4 Å². The molecule has 2 rings (SSSR count). The predicted molar refractivity (Wildman–Crippen MR) is 59.3 cm³/mol. The molecule has 0 amide bonds. The first kappa shape index (κ1) is 10.5. The molecule has 0 bridgehead atoms. The summed E-state index contributed by atoms with van der Waals surface area (Å²) >= 11 is 0. The maximum Gasteiger partial charge on any atom is 0.255 e. The number of aromatic nitrogens is 1. The van der Waals surface area contributed by atoms with Crippen molar-refractivity contribution in [1.82, 2.24) is 4.57 Å². The molecule has 0 atom stereocenters. The molecule has 14 heavy (non-hydrogen) atoms. The Morgan fingerprint density at radius 3 is 2.14 bits per heavy atom. The first-order chi connectivity index (χ1) is 6.38. The first-order valence-electron chi connectivity index (χ1n) is 4.11. The smallest absolute Gasteiger partial charge is 0.255 e. The van der Waals surface area contributed by atoms with E-state index in [-0.39, 0.29) is 18.0 Å². The quantitative estimate of drug-likeness (QED) is 0.703. The average Bonchev–Trinajstić information content (AvgIpc) is 2.20. The molecule has 2 aromatic rings. The van der Waals surface area contributed by atoms with Gasteiger partial charge in [0.05, 0.1) is 0 Å². The van der Waals surface area contributed by atoms with Crippen molar-refractivity contribution in [3.8, 4) is 5.69 Å². The molecule has 0 aliphatic carbocycles. The van der Waals surface area contributed by atoms with E-state index in [1.54, 1.807) is 22.9 Å². The minimum absolute atomic E-state index is 0. The summed E-state index contributed by atoms with van der Waals surface area (Å²) in [5.41, 5.74) is 0.891. The number of hydrogen-bond acceptors (Lipinski definition) is 1. The van der Waals surface area contributed by atoms with Crippen LogP contribution in [-0.4, -0.2) is 4.57 Å². The summed E-state index contributed by atoms with van der Waals surface area (Å²) in [4.78, 5) is 11.4. The zero-order chi connectivity index (χ0) is 9.10. The number of benzene rings is 1. The lowest BCUT2D eigenvalue weighted by Gasteiger charge is -2.02. The summed E-state index contributed by atoms with van der Waals surface area (Å²) in [6.45, 7) is 0. The zero-order valence-electron chi connectivity index (χ0n) is 7.46. The summed E-state index contributed by atoms with van der Waals surface area (Å²) in [6, 6.07) is 14.7. The molecule has 72 valence electrons. The summed E-state index contributed by atoms with van der Waals surface area (Å²) in [5, 5.41) is 0. The lowest BCUT2D eigenvalue weighted by molar-refractivity contribution is 0.991. The lowest BCUT2D eigenvalue weighted by Crippen LogP contribution is -2.15. The summed E-state index contributed by atoms with van der Waals surface area (Å²) in [5.74, 6) is 0. The van der Waals surface area contributed by atoms with Crippen LogP contribution in [0, 0.1) is 0 Å². The van der Waals surface area contributed by atoms with E-state index in [4.69, 9.17) is 0 Å². The molecule has 3 heteroatoms. The second-order valence-corrected chi connectivity index (χ2v) is 2.74. The fourth-order valence-electron chi connectivity index (χ4n) is 1.23. The predicted octanol–water partition coefficient (Wildman–Crippen LogP) is 2.26. The Kier molecular flexibility index (Phi) is 3.48. The zero-order valence-corrected chi connectivity index (χ0v) is 8.28. The van der Waals surface area contributed by atoms with Gasteiger partial charge in [0.25, 0.3) is 5.56 Å². The number of nitrogens with zero attached hydrogens (tertiary/aromatic N) is 1. The van der Waals surface area contributed by atoms with Crippen molar-refractivity contribution in [1.29, 1.82) is 0 Å². The van der Waals surface area contributed by atoms with Gasteiger partial charge in [-0.15, -0.1) is 12.4 Å². The van der Waals surface area contributed by atoms with Gasteiger partial charge in [-0.2, -0.15) is 0 Å². The molecule has 2 nitrogen and oxygen atoms in total. The highest BCUT2D eigenvalue weighted by Crippen LogP contribution is 2.02. The summed E-state index contributed by atoms with van der Waals surface area (Å²) < 4.78 is 1.61. The molecule has 0 fully saturated rings. The van der Waals surface area contributed by atoms with Crippen LogP contribution in [0.2, 0.25) is 0 Å². The molecule has 1 heterocycles. The van der Waals surface area contributed by atoms with Crippen LogP contribution in [0.25, 0.3) is 5.69 Å². The van der Waals surface area contributed by atoms with Crippen LogP contribution < -0.4 is 5.56 Å². The Morgan fingerprint density at radius 2 is 1.50 bits per heavy atom. The Balaban J connectivity index is 0.000000980. The van der Waals surface area contributed by atoms with Gasteiger partial charge >= 0.3 is 0 Å². The maximum absolute atomic E-state index is 11.4. The molecule has 0 unspecified atom stereocenters. The van der Waals surface area contributed by atoms with Gasteiger partial charge in [-0.1, -0.05) is 24.3 Å². The molecule has 0 saturated carbocycles. The molecule has 0 aliphatic heterocycles. The van der Waals surface area contributed by atoms with Crippen molar-refractivity contribution in [2.24, 2.45) is 0 Å². The van der Waals surface area contributed by atoms with Gasteiger partial charge in [0.15, 0.2) is 0 Å². The second-order valence-electron chi connectivity index (χ2n) is 2.74. The molecule has 0 aliphatic rings. The molecule has 1 aromatic carbocycles. The SMILES string of the molecule is Cl.O=c1ccccn1-c1ccccc1. The van der Waals surface area contributed by atoms with Gasteiger partial charge in [-0.3, -0.25) is 9.36 Å². The van der Waals surface area contributed by atoms with Crippen LogP contribution in [-0.2, 0) is 0 Å². The maximum atomic E-state index is 11.4. The fourth-order valence-corrected chi connectivity index (χ4v) is 1.23. The highest BCUT2D eigenvalue weighted by Gasteiger charge is 1.94. The first-order valence-corrected chi connectivity index (χ1v) is 4.11. The standard InChI is InChI=1S/C11H9NO.ClH/c13-11-8-4-5-9-12(11)10-6-2-1-3-7-10;/h1-9H;1H. The summed E-state index contributed by atoms with van der Waals surface area (Å²) in [7, 11) is 0. The number of halogens is 1. The van der Waals surface area contributed by atoms with Crippen molar-refractivity contribution >= 4 is 12.4 Å². The number of rotatable bonds is 1. The van der Waals surface area contributed by atoms with E-state index in [2.05, 4.69) is 0 Å². The van der Waals surface area contributed by atoms with Gasteiger partial charge in [0, 0.05) is 18.0 Å². The third-order valence-corrected chi connectivity index (χ3v) is 1.86. The largest absolute Gasteiger partial charge is 0.284 e. The van der Waals surface area contributed by atoms with E-state index >= 15 is 0 Å². The van der Waals surface area contributed by atoms with Crippen molar-refractivity contribution < 1.29 is 0 Å². The highest BCUT2D eigenvalue weighted by atomic mass is 35.5. The monoisotopic (exact) mass is 207 g/mol. The Hall–Kier alpha value is -1.54. The van der Waals surface area contributed by atoms with Crippen molar-refractivity contribution in [3.63, 3.8) is 0 Å². The van der Waals surface area contributed by atoms with Gasteiger partial charge in [-0.05, 0) is 18.2 Å². The van der Waals surface area contributed by atoms with E-state index in [0.717, 1.165) is 5.69 Å².